The Labute approximate surface area is 163 Å². The number of anilines is 1. The van der Waals surface area contributed by atoms with Crippen LogP contribution in [0.3, 0.4) is 0 Å². The third kappa shape index (κ3) is 2.34. The number of aliphatic carboxylic acids is 1. The van der Waals surface area contributed by atoms with Crippen molar-refractivity contribution in [3.05, 3.63) is 76.7 Å². The zero-order valence-electron chi connectivity index (χ0n) is 14.9. The summed E-state index contributed by atoms with van der Waals surface area (Å²) in [7, 11) is 0. The van der Waals surface area contributed by atoms with Crippen molar-refractivity contribution < 1.29 is 14.6 Å². The Kier molecular flexibility index (Phi) is 3.46. The molecule has 1 N–H and O–H groups in total. The number of rotatable bonds is 2. The molecule has 2 atom stereocenters. The predicted octanol–water partition coefficient (Wildman–Crippen LogP) is 4.05. The van der Waals surface area contributed by atoms with Crippen LogP contribution >= 0.6 is 12.2 Å². The van der Waals surface area contributed by atoms with Gasteiger partial charge in [-0.3, -0.25) is 4.79 Å². The number of hydrogen-bond donors (Lipinski definition) is 1. The summed E-state index contributed by atoms with van der Waals surface area (Å²) in [6.45, 7) is 2.85. The number of hydrogen-bond acceptors (Lipinski definition) is 4. The zero-order chi connectivity index (χ0) is 18.8. The molecule has 0 saturated heterocycles. The maximum atomic E-state index is 11.7. The molecule has 136 valence electrons. The number of para-hydroxylation sites is 1. The molecule has 0 bridgehead atoms. The van der Waals surface area contributed by atoms with E-state index in [1.54, 1.807) is 0 Å². The zero-order valence-corrected chi connectivity index (χ0v) is 15.8. The molecule has 1 aromatic rings. The van der Waals surface area contributed by atoms with E-state index in [4.69, 9.17) is 17.0 Å². The molecule has 4 aliphatic rings. The van der Waals surface area contributed by atoms with Crippen molar-refractivity contribution in [1.82, 2.24) is 0 Å². The Balaban J connectivity index is 1.75. The summed E-state index contributed by atoms with van der Waals surface area (Å²) in [6, 6.07) is 8.15. The third-order valence-corrected chi connectivity index (χ3v) is 6.14. The van der Waals surface area contributed by atoms with E-state index < -0.39 is 11.4 Å². The monoisotopic (exact) mass is 377 g/mol. The van der Waals surface area contributed by atoms with Crippen LogP contribution in [0.1, 0.15) is 25.3 Å². The van der Waals surface area contributed by atoms with Crippen LogP contribution in [0.15, 0.2) is 71.2 Å². The summed E-state index contributed by atoms with van der Waals surface area (Å²) >= 11 is 5.27. The molecule has 2 unspecified atom stereocenters. The first-order valence-electron chi connectivity index (χ1n) is 9.13. The van der Waals surface area contributed by atoms with Crippen LogP contribution in [0.4, 0.5) is 5.69 Å². The molecule has 0 radical (unpaired) electrons. The highest BCUT2D eigenvalue weighted by molar-refractivity contribution is 7.81. The van der Waals surface area contributed by atoms with E-state index in [9.17, 15) is 9.90 Å². The van der Waals surface area contributed by atoms with Gasteiger partial charge in [-0.2, -0.15) is 0 Å². The van der Waals surface area contributed by atoms with Gasteiger partial charge in [-0.15, -0.1) is 0 Å². The van der Waals surface area contributed by atoms with Crippen LogP contribution in [-0.4, -0.2) is 28.6 Å². The van der Waals surface area contributed by atoms with E-state index in [0.29, 0.717) is 0 Å². The average Bonchev–Trinajstić information content (AvgIpc) is 2.89. The number of allylic oxidation sites excluding steroid dienone is 4. The molecule has 3 heterocycles. The fourth-order valence-electron chi connectivity index (χ4n) is 4.80. The van der Waals surface area contributed by atoms with Crippen LogP contribution < -0.4 is 4.90 Å². The molecule has 1 aliphatic carbocycles. The first-order valence-corrected chi connectivity index (χ1v) is 9.54. The van der Waals surface area contributed by atoms with Crippen molar-refractivity contribution >= 4 is 28.7 Å². The van der Waals surface area contributed by atoms with E-state index in [-0.39, 0.29) is 12.5 Å². The smallest absolute Gasteiger partial charge is 0.304 e. The Morgan fingerprint density at radius 3 is 2.96 bits per heavy atom. The number of thiocarbonyl (C=S) groups is 1. The highest BCUT2D eigenvalue weighted by Crippen LogP contribution is 2.54. The highest BCUT2D eigenvalue weighted by atomic mass is 32.1. The van der Waals surface area contributed by atoms with Gasteiger partial charge in [0.15, 0.2) is 0 Å². The lowest BCUT2D eigenvalue weighted by molar-refractivity contribution is -0.138. The lowest BCUT2D eigenvalue weighted by atomic mass is 9.75. The van der Waals surface area contributed by atoms with Crippen molar-refractivity contribution in [3.63, 3.8) is 0 Å². The molecular formula is C22H19NO3S. The highest BCUT2D eigenvalue weighted by Gasteiger charge is 2.49. The molecule has 0 spiro atoms. The molecule has 4 nitrogen and oxygen atoms in total. The molecule has 3 aliphatic heterocycles. The number of carbonyl (C=O) groups is 1. The number of ether oxygens (including phenoxy) is 1. The first-order chi connectivity index (χ1) is 13.0. The fraction of sp³-hybridized carbons (Fsp3) is 0.273. The van der Waals surface area contributed by atoms with Gasteiger partial charge in [-0.1, -0.05) is 30.4 Å². The lowest BCUT2D eigenvalue weighted by Gasteiger charge is -2.40. The number of nitrogens with zero attached hydrogens (tertiary/aromatic N) is 1. The summed E-state index contributed by atoms with van der Waals surface area (Å²) in [6.07, 6.45) is 8.78. The molecule has 5 heteroatoms. The molecule has 0 saturated carbocycles. The molecule has 0 fully saturated rings. The third-order valence-electron chi connectivity index (χ3n) is 5.89. The molecule has 0 aromatic heterocycles. The second-order valence-corrected chi connectivity index (χ2v) is 8.09. The van der Waals surface area contributed by atoms with Gasteiger partial charge in [0, 0.05) is 45.8 Å². The standard InChI is InChI=1S/C22H19NO3S/c1-22(12-20(24)25)16-4-2-3-5-17(16)23-9-8-18-15(21(22)23)10-13-6-7-14(27)11-19(13)26-18/h2-7,10-11,18H,8-9,12H2,1H3,(H,24,25). The summed E-state index contributed by atoms with van der Waals surface area (Å²) in [5.74, 6) is 0.0259. The van der Waals surface area contributed by atoms with Gasteiger partial charge >= 0.3 is 5.97 Å². The first kappa shape index (κ1) is 16.5. The van der Waals surface area contributed by atoms with Crippen LogP contribution in [0.5, 0.6) is 0 Å². The number of carboxylic acid groups (broad SMARTS) is 1. The molecule has 0 amide bonds. The van der Waals surface area contributed by atoms with Crippen molar-refractivity contribution in [2.75, 3.05) is 11.4 Å². The minimum Gasteiger partial charge on any atom is -0.485 e. The number of carboxylic acids is 1. The summed E-state index contributed by atoms with van der Waals surface area (Å²) in [4.78, 5) is 14.8. The van der Waals surface area contributed by atoms with E-state index in [1.807, 2.05) is 37.3 Å². The van der Waals surface area contributed by atoms with E-state index in [2.05, 4.69) is 23.1 Å². The Morgan fingerprint density at radius 2 is 2.15 bits per heavy atom. The summed E-state index contributed by atoms with van der Waals surface area (Å²) in [5, 5.41) is 9.65. The Bertz CT molecular complexity index is 1020. The SMILES string of the molecule is CC1(CC(=O)O)C2=C3C=C4C=CC(=S)C=C4OC3CCN2c2ccccc21. The van der Waals surface area contributed by atoms with Gasteiger partial charge < -0.3 is 14.7 Å². The normalized spacial score (nSPS) is 27.8. The van der Waals surface area contributed by atoms with E-state index in [0.717, 1.165) is 51.7 Å². The summed E-state index contributed by atoms with van der Waals surface area (Å²) in [5.41, 5.74) is 4.77. The second-order valence-electron chi connectivity index (χ2n) is 7.61. The predicted molar refractivity (Wildman–Crippen MR) is 108 cm³/mol. The van der Waals surface area contributed by atoms with E-state index in [1.165, 1.54) is 0 Å². The van der Waals surface area contributed by atoms with Crippen molar-refractivity contribution in [1.29, 1.82) is 0 Å². The number of fused-ring (bicyclic) bond motifs is 5. The Hall–Kier alpha value is -2.66. The van der Waals surface area contributed by atoms with Crippen molar-refractivity contribution in [2.24, 2.45) is 0 Å². The van der Waals surface area contributed by atoms with Crippen LogP contribution in [0.2, 0.25) is 0 Å². The topological polar surface area (TPSA) is 49.8 Å². The van der Waals surface area contributed by atoms with Gasteiger partial charge in [0.1, 0.15) is 11.9 Å². The summed E-state index contributed by atoms with van der Waals surface area (Å²) < 4.78 is 6.29. The fourth-order valence-corrected chi connectivity index (χ4v) is 4.98. The average molecular weight is 377 g/mol. The van der Waals surface area contributed by atoms with Gasteiger partial charge in [0.2, 0.25) is 0 Å². The molecule has 1 aromatic carbocycles. The van der Waals surface area contributed by atoms with Crippen LogP contribution in [-0.2, 0) is 14.9 Å². The van der Waals surface area contributed by atoms with Gasteiger partial charge in [-0.25, -0.2) is 0 Å². The van der Waals surface area contributed by atoms with Gasteiger partial charge in [-0.05, 0) is 42.9 Å². The van der Waals surface area contributed by atoms with Gasteiger partial charge in [0.05, 0.1) is 6.42 Å². The molecule has 5 rings (SSSR count). The number of benzene rings is 1. The largest absolute Gasteiger partial charge is 0.485 e. The van der Waals surface area contributed by atoms with Crippen LogP contribution in [0.25, 0.3) is 0 Å². The second kappa shape index (κ2) is 5.67. The maximum Gasteiger partial charge on any atom is 0.304 e. The van der Waals surface area contributed by atoms with E-state index >= 15 is 0 Å². The maximum absolute atomic E-state index is 11.7. The molecular weight excluding hydrogens is 358 g/mol. The molecule has 27 heavy (non-hydrogen) atoms. The Morgan fingerprint density at radius 1 is 1.33 bits per heavy atom. The van der Waals surface area contributed by atoms with Crippen LogP contribution in [0, 0.1) is 0 Å². The quantitative estimate of drug-likeness (QED) is 0.788. The lowest BCUT2D eigenvalue weighted by Crippen LogP contribution is -2.41. The minimum atomic E-state index is -0.794. The van der Waals surface area contributed by atoms with Gasteiger partial charge in [0.25, 0.3) is 0 Å². The van der Waals surface area contributed by atoms with Crippen molar-refractivity contribution in [2.45, 2.75) is 31.3 Å². The van der Waals surface area contributed by atoms with Crippen molar-refractivity contribution in [3.8, 4) is 0 Å². The minimum absolute atomic E-state index is 0.0534.